The quantitative estimate of drug-likeness (QED) is 0.734. The van der Waals surface area contributed by atoms with Crippen LogP contribution in [0.2, 0.25) is 0 Å². The van der Waals surface area contributed by atoms with Crippen molar-refractivity contribution < 1.29 is 18.3 Å². The normalized spacial score (nSPS) is 20.8. The van der Waals surface area contributed by atoms with E-state index in [4.69, 9.17) is 4.74 Å². The van der Waals surface area contributed by atoms with Crippen LogP contribution in [-0.2, 0) is 9.53 Å². The van der Waals surface area contributed by atoms with Crippen LogP contribution in [0.4, 0.5) is 8.78 Å². The molecule has 6 heteroatoms. The van der Waals surface area contributed by atoms with Crippen molar-refractivity contribution >= 4 is 5.91 Å². The molecule has 1 heterocycles. The second-order valence-electron chi connectivity index (χ2n) is 4.56. The predicted molar refractivity (Wildman–Crippen MR) is 64.7 cm³/mol. The van der Waals surface area contributed by atoms with Gasteiger partial charge in [0.25, 0.3) is 6.43 Å². The lowest BCUT2D eigenvalue weighted by atomic mass is 10.1. The standard InChI is InChI=1S/C12H22F2N2O2/c1-16(10-3-2-6-15-7-4-10)12(17)5-8-18-9-11(13)14/h10-11,15H,2-9H2,1H3. The molecule has 1 amide bonds. The van der Waals surface area contributed by atoms with Gasteiger partial charge in [-0.2, -0.15) is 0 Å². The Kier molecular flexibility index (Phi) is 7.12. The maximum atomic E-state index is 11.8. The smallest absolute Gasteiger partial charge is 0.261 e. The van der Waals surface area contributed by atoms with E-state index in [1.165, 1.54) is 0 Å². The second-order valence-corrected chi connectivity index (χ2v) is 4.56. The first kappa shape index (κ1) is 15.3. The van der Waals surface area contributed by atoms with Crippen LogP contribution in [0.15, 0.2) is 0 Å². The Morgan fingerprint density at radius 2 is 2.22 bits per heavy atom. The molecule has 1 aliphatic heterocycles. The van der Waals surface area contributed by atoms with E-state index >= 15 is 0 Å². The molecule has 1 saturated heterocycles. The largest absolute Gasteiger partial charge is 0.375 e. The summed E-state index contributed by atoms with van der Waals surface area (Å²) in [5, 5.41) is 3.29. The molecule has 0 radical (unpaired) electrons. The average Bonchev–Trinajstić information content (AvgIpc) is 2.61. The average molecular weight is 264 g/mol. The number of hydrogen-bond donors (Lipinski definition) is 1. The highest BCUT2D eigenvalue weighted by atomic mass is 19.3. The Labute approximate surface area is 107 Å². The van der Waals surface area contributed by atoms with E-state index in [-0.39, 0.29) is 25.0 Å². The zero-order chi connectivity index (χ0) is 13.4. The fourth-order valence-corrected chi connectivity index (χ4v) is 2.10. The number of nitrogens with zero attached hydrogens (tertiary/aromatic N) is 1. The third-order valence-corrected chi connectivity index (χ3v) is 3.19. The summed E-state index contributed by atoms with van der Waals surface area (Å²) in [6.07, 6.45) is 0.704. The summed E-state index contributed by atoms with van der Waals surface area (Å²) in [7, 11) is 1.78. The summed E-state index contributed by atoms with van der Waals surface area (Å²) in [4.78, 5) is 13.6. The molecule has 4 nitrogen and oxygen atoms in total. The van der Waals surface area contributed by atoms with Crippen molar-refractivity contribution in [1.82, 2.24) is 10.2 Å². The summed E-state index contributed by atoms with van der Waals surface area (Å²) < 4.78 is 28.4. The molecule has 18 heavy (non-hydrogen) atoms. The van der Waals surface area contributed by atoms with Gasteiger partial charge in [-0.3, -0.25) is 4.79 Å². The summed E-state index contributed by atoms with van der Waals surface area (Å²) >= 11 is 0. The van der Waals surface area contributed by atoms with Gasteiger partial charge in [0.15, 0.2) is 0 Å². The van der Waals surface area contributed by atoms with Gasteiger partial charge in [0.1, 0.15) is 6.61 Å². The molecular formula is C12H22F2N2O2. The zero-order valence-corrected chi connectivity index (χ0v) is 10.8. The van der Waals surface area contributed by atoms with Crippen molar-refractivity contribution in [3.63, 3.8) is 0 Å². The van der Waals surface area contributed by atoms with E-state index in [1.807, 2.05) is 0 Å². The maximum absolute atomic E-state index is 11.8. The summed E-state index contributed by atoms with van der Waals surface area (Å²) in [5.74, 6) is -0.0313. The highest BCUT2D eigenvalue weighted by Gasteiger charge is 2.20. The molecule has 0 aromatic heterocycles. The molecule has 1 rings (SSSR count). The van der Waals surface area contributed by atoms with Gasteiger partial charge in [0, 0.05) is 13.1 Å². The van der Waals surface area contributed by atoms with Crippen molar-refractivity contribution in [2.24, 2.45) is 0 Å². The van der Waals surface area contributed by atoms with Crippen LogP contribution in [0.25, 0.3) is 0 Å². The van der Waals surface area contributed by atoms with Gasteiger partial charge in [-0.1, -0.05) is 0 Å². The minimum absolute atomic E-state index is 0.0313. The van der Waals surface area contributed by atoms with E-state index in [9.17, 15) is 13.6 Å². The Bertz CT molecular complexity index is 244. The molecule has 0 aliphatic carbocycles. The Hall–Kier alpha value is -0.750. The van der Waals surface area contributed by atoms with Crippen molar-refractivity contribution in [3.8, 4) is 0 Å². The second kappa shape index (κ2) is 8.37. The van der Waals surface area contributed by atoms with Gasteiger partial charge >= 0.3 is 0 Å². The number of ether oxygens (including phenoxy) is 1. The van der Waals surface area contributed by atoms with Crippen LogP contribution >= 0.6 is 0 Å². The van der Waals surface area contributed by atoms with Crippen molar-refractivity contribution in [1.29, 1.82) is 0 Å². The Morgan fingerprint density at radius 3 is 2.94 bits per heavy atom. The molecule has 0 spiro atoms. The predicted octanol–water partition coefficient (Wildman–Crippen LogP) is 1.26. The molecule has 1 N–H and O–H groups in total. The zero-order valence-electron chi connectivity index (χ0n) is 10.8. The number of halogens is 2. The molecular weight excluding hydrogens is 242 g/mol. The van der Waals surface area contributed by atoms with Gasteiger partial charge in [-0.05, 0) is 32.4 Å². The minimum Gasteiger partial charge on any atom is -0.375 e. The van der Waals surface area contributed by atoms with E-state index in [0.717, 1.165) is 32.4 Å². The minimum atomic E-state index is -2.47. The van der Waals surface area contributed by atoms with E-state index < -0.39 is 13.0 Å². The van der Waals surface area contributed by atoms with Crippen LogP contribution in [0.5, 0.6) is 0 Å². The van der Waals surface area contributed by atoms with Crippen LogP contribution < -0.4 is 5.32 Å². The molecule has 0 aromatic rings. The first-order chi connectivity index (χ1) is 8.61. The van der Waals surface area contributed by atoms with Gasteiger partial charge < -0.3 is 15.0 Å². The number of carbonyl (C=O) groups is 1. The molecule has 0 saturated carbocycles. The third kappa shape index (κ3) is 5.73. The first-order valence-electron chi connectivity index (χ1n) is 6.43. The monoisotopic (exact) mass is 264 g/mol. The van der Waals surface area contributed by atoms with Crippen molar-refractivity contribution in [2.75, 3.05) is 33.4 Å². The lowest BCUT2D eigenvalue weighted by Crippen LogP contribution is -2.38. The molecule has 1 fully saturated rings. The highest BCUT2D eigenvalue weighted by molar-refractivity contribution is 5.76. The van der Waals surface area contributed by atoms with Crippen LogP contribution in [0, 0.1) is 0 Å². The number of hydrogen-bond acceptors (Lipinski definition) is 3. The molecule has 1 aliphatic rings. The fraction of sp³-hybridized carbons (Fsp3) is 0.917. The number of carbonyl (C=O) groups excluding carboxylic acids is 1. The number of alkyl halides is 2. The topological polar surface area (TPSA) is 41.6 Å². The maximum Gasteiger partial charge on any atom is 0.261 e. The van der Waals surface area contributed by atoms with E-state index in [0.29, 0.717) is 0 Å². The lowest BCUT2D eigenvalue weighted by molar-refractivity contribution is -0.133. The van der Waals surface area contributed by atoms with Crippen molar-refractivity contribution in [3.05, 3.63) is 0 Å². The molecule has 1 unspecified atom stereocenters. The fourth-order valence-electron chi connectivity index (χ4n) is 2.10. The summed E-state index contributed by atoms with van der Waals surface area (Å²) in [6.45, 7) is 1.39. The van der Waals surface area contributed by atoms with Gasteiger partial charge in [-0.25, -0.2) is 8.78 Å². The number of amides is 1. The highest BCUT2D eigenvalue weighted by Crippen LogP contribution is 2.12. The van der Waals surface area contributed by atoms with E-state index in [1.54, 1.807) is 11.9 Å². The van der Waals surface area contributed by atoms with Crippen molar-refractivity contribution in [2.45, 2.75) is 38.2 Å². The van der Waals surface area contributed by atoms with Gasteiger partial charge in [0.2, 0.25) is 5.91 Å². The van der Waals surface area contributed by atoms with Crippen LogP contribution in [0.3, 0.4) is 0 Å². The molecule has 106 valence electrons. The number of nitrogens with one attached hydrogen (secondary N) is 1. The lowest BCUT2D eigenvalue weighted by Gasteiger charge is -2.27. The van der Waals surface area contributed by atoms with Crippen LogP contribution in [0.1, 0.15) is 25.7 Å². The first-order valence-corrected chi connectivity index (χ1v) is 6.43. The molecule has 1 atom stereocenters. The number of rotatable bonds is 6. The Morgan fingerprint density at radius 1 is 1.44 bits per heavy atom. The van der Waals surface area contributed by atoms with E-state index in [2.05, 4.69) is 5.32 Å². The summed E-state index contributed by atoms with van der Waals surface area (Å²) in [5.41, 5.74) is 0. The third-order valence-electron chi connectivity index (χ3n) is 3.19. The molecule has 0 aromatic carbocycles. The Balaban J connectivity index is 2.22. The summed E-state index contributed by atoms with van der Waals surface area (Å²) in [6, 6.07) is 0.252. The van der Waals surface area contributed by atoms with Gasteiger partial charge in [-0.15, -0.1) is 0 Å². The molecule has 0 bridgehead atoms. The van der Waals surface area contributed by atoms with Crippen LogP contribution in [-0.4, -0.2) is 56.6 Å². The SMILES string of the molecule is CN(C(=O)CCOCC(F)F)C1CCCNCC1. The van der Waals surface area contributed by atoms with Gasteiger partial charge in [0.05, 0.1) is 13.0 Å².